The normalized spacial score (nSPS) is 19.2. The molecule has 1 aromatic carbocycles. The van der Waals surface area contributed by atoms with Crippen LogP contribution in [-0.2, 0) is 4.79 Å². The van der Waals surface area contributed by atoms with E-state index in [4.69, 9.17) is 5.73 Å². The molecule has 0 heterocycles. The first-order valence-electron chi connectivity index (χ1n) is 5.86. The molecule has 1 aliphatic rings. The molecule has 0 aromatic heterocycles. The lowest BCUT2D eigenvalue weighted by atomic mass is 9.77. The molecule has 92 valence electrons. The predicted octanol–water partition coefficient (Wildman–Crippen LogP) is 2.51. The van der Waals surface area contributed by atoms with Gasteiger partial charge in [0, 0.05) is 4.47 Å². The maximum atomic E-state index is 12.0. The molecule has 0 unspecified atom stereocenters. The van der Waals surface area contributed by atoms with Crippen LogP contribution < -0.4 is 11.1 Å². The molecule has 4 heteroatoms. The van der Waals surface area contributed by atoms with Gasteiger partial charge in [-0.1, -0.05) is 28.1 Å². The number of hydrogen-bond acceptors (Lipinski definition) is 2. The molecule has 1 aromatic rings. The van der Waals surface area contributed by atoms with E-state index in [0.717, 1.165) is 29.3 Å². The first-order valence-corrected chi connectivity index (χ1v) is 6.66. The number of carbonyl (C=O) groups excluding carboxylic acids is 1. The van der Waals surface area contributed by atoms with E-state index in [2.05, 4.69) is 21.2 Å². The minimum absolute atomic E-state index is 0.0129. The van der Waals surface area contributed by atoms with Gasteiger partial charge in [0.15, 0.2) is 0 Å². The Kier molecular flexibility index (Phi) is 3.54. The fourth-order valence-corrected chi connectivity index (χ4v) is 2.40. The smallest absolute Gasteiger partial charge is 0.240 e. The molecule has 1 amide bonds. The molecule has 1 atom stereocenters. The number of nitrogens with two attached hydrogens (primary N) is 1. The van der Waals surface area contributed by atoms with Crippen LogP contribution in [0.1, 0.15) is 37.8 Å². The van der Waals surface area contributed by atoms with Crippen molar-refractivity contribution in [1.29, 1.82) is 0 Å². The number of rotatable bonds is 3. The Bertz CT molecular complexity index is 429. The van der Waals surface area contributed by atoms with Crippen LogP contribution in [0.15, 0.2) is 28.7 Å². The molecule has 3 nitrogen and oxygen atoms in total. The van der Waals surface area contributed by atoms with Crippen LogP contribution in [0.3, 0.4) is 0 Å². The first kappa shape index (κ1) is 12.6. The van der Waals surface area contributed by atoms with Gasteiger partial charge in [-0.25, -0.2) is 0 Å². The number of amides is 1. The minimum atomic E-state index is -0.625. The maximum absolute atomic E-state index is 12.0. The summed E-state index contributed by atoms with van der Waals surface area (Å²) >= 11 is 3.42. The average molecular weight is 297 g/mol. The Morgan fingerprint density at radius 3 is 2.76 bits per heavy atom. The van der Waals surface area contributed by atoms with Gasteiger partial charge in [0.2, 0.25) is 5.91 Å². The summed E-state index contributed by atoms with van der Waals surface area (Å²) in [5.41, 5.74) is 6.44. The molecular formula is C13H17BrN2O. The largest absolute Gasteiger partial charge is 0.348 e. The maximum Gasteiger partial charge on any atom is 0.240 e. The van der Waals surface area contributed by atoms with Crippen LogP contribution in [0, 0.1) is 0 Å². The fraction of sp³-hybridized carbons (Fsp3) is 0.462. The van der Waals surface area contributed by atoms with Crippen LogP contribution in [0.5, 0.6) is 0 Å². The summed E-state index contributed by atoms with van der Waals surface area (Å²) in [6, 6.07) is 7.92. The predicted molar refractivity (Wildman–Crippen MR) is 71.5 cm³/mol. The van der Waals surface area contributed by atoms with Crippen molar-refractivity contribution in [2.24, 2.45) is 5.73 Å². The third-order valence-electron chi connectivity index (χ3n) is 3.39. The van der Waals surface area contributed by atoms with Gasteiger partial charge in [-0.2, -0.15) is 0 Å². The van der Waals surface area contributed by atoms with E-state index in [1.165, 1.54) is 0 Å². The number of halogens is 1. The molecular weight excluding hydrogens is 280 g/mol. The van der Waals surface area contributed by atoms with E-state index < -0.39 is 5.54 Å². The summed E-state index contributed by atoms with van der Waals surface area (Å²) in [6.07, 6.45) is 2.64. The quantitative estimate of drug-likeness (QED) is 0.900. The summed E-state index contributed by atoms with van der Waals surface area (Å²) in [7, 11) is 0. The monoisotopic (exact) mass is 296 g/mol. The minimum Gasteiger partial charge on any atom is -0.348 e. The topological polar surface area (TPSA) is 55.1 Å². The molecule has 1 aliphatic carbocycles. The highest BCUT2D eigenvalue weighted by Crippen LogP contribution is 2.30. The lowest BCUT2D eigenvalue weighted by Gasteiger charge is -2.37. The van der Waals surface area contributed by atoms with E-state index in [-0.39, 0.29) is 11.9 Å². The zero-order chi connectivity index (χ0) is 12.5. The summed E-state index contributed by atoms with van der Waals surface area (Å²) in [6.45, 7) is 1.97. The van der Waals surface area contributed by atoms with Crippen LogP contribution in [0.25, 0.3) is 0 Å². The van der Waals surface area contributed by atoms with Gasteiger partial charge >= 0.3 is 0 Å². The van der Waals surface area contributed by atoms with Gasteiger partial charge in [-0.15, -0.1) is 0 Å². The highest BCUT2D eigenvalue weighted by Gasteiger charge is 2.40. The van der Waals surface area contributed by atoms with Gasteiger partial charge in [-0.3, -0.25) is 4.79 Å². The molecule has 2 rings (SSSR count). The Morgan fingerprint density at radius 2 is 2.24 bits per heavy atom. The Labute approximate surface area is 110 Å². The molecule has 0 bridgehead atoms. The molecule has 3 N–H and O–H groups in total. The van der Waals surface area contributed by atoms with Crippen LogP contribution in [0.4, 0.5) is 0 Å². The van der Waals surface area contributed by atoms with Crippen molar-refractivity contribution in [2.75, 3.05) is 0 Å². The van der Waals surface area contributed by atoms with Gasteiger partial charge in [0.05, 0.1) is 11.6 Å². The zero-order valence-electron chi connectivity index (χ0n) is 9.87. The zero-order valence-corrected chi connectivity index (χ0v) is 11.5. The number of carbonyl (C=O) groups is 1. The van der Waals surface area contributed by atoms with Crippen molar-refractivity contribution in [1.82, 2.24) is 5.32 Å². The van der Waals surface area contributed by atoms with Crippen LogP contribution in [0.2, 0.25) is 0 Å². The van der Waals surface area contributed by atoms with Gasteiger partial charge < -0.3 is 11.1 Å². The van der Waals surface area contributed by atoms with Gasteiger partial charge in [0.25, 0.3) is 0 Å². The third kappa shape index (κ3) is 2.69. The Morgan fingerprint density at radius 1 is 1.53 bits per heavy atom. The second-order valence-electron chi connectivity index (χ2n) is 4.76. The lowest BCUT2D eigenvalue weighted by Crippen LogP contribution is -2.58. The first-order chi connectivity index (χ1) is 8.01. The van der Waals surface area contributed by atoms with E-state index in [0.29, 0.717) is 0 Å². The summed E-state index contributed by atoms with van der Waals surface area (Å²) in [5.74, 6) is -0.0313. The SMILES string of the molecule is C[C@@H](NC(=O)C1(N)CCC1)c1cccc(Br)c1. The van der Waals surface area contributed by atoms with Crippen molar-refractivity contribution in [3.8, 4) is 0 Å². The van der Waals surface area contributed by atoms with E-state index in [1.54, 1.807) is 0 Å². The summed E-state index contributed by atoms with van der Waals surface area (Å²) < 4.78 is 1.02. The van der Waals surface area contributed by atoms with Crippen molar-refractivity contribution in [2.45, 2.75) is 37.8 Å². The van der Waals surface area contributed by atoms with Crippen molar-refractivity contribution >= 4 is 21.8 Å². The van der Waals surface area contributed by atoms with E-state index >= 15 is 0 Å². The summed E-state index contributed by atoms with van der Waals surface area (Å²) in [5, 5.41) is 2.98. The molecule has 0 radical (unpaired) electrons. The Balaban J connectivity index is 2.01. The van der Waals surface area contributed by atoms with Crippen LogP contribution >= 0.6 is 15.9 Å². The van der Waals surface area contributed by atoms with E-state index in [1.807, 2.05) is 31.2 Å². The highest BCUT2D eigenvalue weighted by molar-refractivity contribution is 9.10. The highest BCUT2D eigenvalue weighted by atomic mass is 79.9. The molecule has 1 fully saturated rings. The molecule has 1 saturated carbocycles. The molecule has 0 aliphatic heterocycles. The average Bonchev–Trinajstić information content (AvgIpc) is 2.25. The van der Waals surface area contributed by atoms with Crippen molar-refractivity contribution in [3.63, 3.8) is 0 Å². The number of hydrogen-bond donors (Lipinski definition) is 2. The standard InChI is InChI=1S/C13H17BrN2O/c1-9(10-4-2-5-11(14)8-10)16-12(17)13(15)6-3-7-13/h2,4-5,8-9H,3,6-7,15H2,1H3,(H,16,17)/t9-/m1/s1. The van der Waals surface area contributed by atoms with Gasteiger partial charge in [0.1, 0.15) is 0 Å². The lowest BCUT2D eigenvalue weighted by molar-refractivity contribution is -0.129. The van der Waals surface area contributed by atoms with E-state index in [9.17, 15) is 4.79 Å². The second-order valence-corrected chi connectivity index (χ2v) is 5.68. The second kappa shape index (κ2) is 4.78. The van der Waals surface area contributed by atoms with Crippen LogP contribution in [-0.4, -0.2) is 11.4 Å². The molecule has 17 heavy (non-hydrogen) atoms. The summed E-state index contributed by atoms with van der Waals surface area (Å²) in [4.78, 5) is 12.0. The number of benzene rings is 1. The third-order valence-corrected chi connectivity index (χ3v) is 3.89. The fourth-order valence-electron chi connectivity index (χ4n) is 1.98. The van der Waals surface area contributed by atoms with Crippen molar-refractivity contribution < 1.29 is 4.79 Å². The molecule has 0 spiro atoms. The van der Waals surface area contributed by atoms with Crippen molar-refractivity contribution in [3.05, 3.63) is 34.3 Å². The Hall–Kier alpha value is -0.870. The number of nitrogens with one attached hydrogen (secondary N) is 1. The van der Waals surface area contributed by atoms with Gasteiger partial charge in [-0.05, 0) is 43.9 Å². The molecule has 0 saturated heterocycles.